The van der Waals surface area contributed by atoms with Gasteiger partial charge in [-0.25, -0.2) is 9.29 Å². The summed E-state index contributed by atoms with van der Waals surface area (Å²) in [5.74, 6) is -1.34. The molecule has 0 aliphatic carbocycles. The van der Waals surface area contributed by atoms with Crippen LogP contribution in [0.5, 0.6) is 0 Å². The van der Waals surface area contributed by atoms with Gasteiger partial charge in [-0.1, -0.05) is 24.3 Å². The van der Waals surface area contributed by atoms with Gasteiger partial charge in [0, 0.05) is 25.2 Å². The van der Waals surface area contributed by atoms with Crippen molar-refractivity contribution in [1.29, 1.82) is 0 Å². The van der Waals surface area contributed by atoms with Gasteiger partial charge < -0.3 is 10.2 Å². The van der Waals surface area contributed by atoms with Crippen LogP contribution in [0.4, 0.5) is 15.8 Å². The molecule has 0 radical (unpaired) electrons. The number of benzene rings is 2. The second kappa shape index (κ2) is 7.52. The topological polar surface area (TPSA) is 69.7 Å². The van der Waals surface area contributed by atoms with Crippen molar-refractivity contribution in [2.45, 2.75) is 31.8 Å². The van der Waals surface area contributed by atoms with E-state index >= 15 is 0 Å². The first-order valence-electron chi connectivity index (χ1n) is 9.28. The lowest BCUT2D eigenvalue weighted by Crippen LogP contribution is -2.38. The molecule has 2 fully saturated rings. The Bertz CT molecular complexity index is 929. The molecule has 1 atom stereocenters. The molecule has 6 nitrogen and oxygen atoms in total. The predicted molar refractivity (Wildman–Crippen MR) is 102 cm³/mol. The highest BCUT2D eigenvalue weighted by Gasteiger charge is 2.40. The van der Waals surface area contributed by atoms with Crippen LogP contribution in [0, 0.1) is 5.82 Å². The quantitative estimate of drug-likeness (QED) is 0.808. The largest absolute Gasteiger partial charge is 0.312 e. The number of imide groups is 1. The average molecular weight is 381 g/mol. The number of amides is 3. The fourth-order valence-electron chi connectivity index (χ4n) is 3.63. The lowest BCUT2D eigenvalue weighted by Gasteiger charge is -2.17. The maximum atomic E-state index is 14.0. The fourth-order valence-corrected chi connectivity index (χ4v) is 3.63. The molecule has 2 aliphatic rings. The Morgan fingerprint density at radius 2 is 1.75 bits per heavy atom. The standard InChI is InChI=1S/C21H20FN3O3/c22-16-4-1-2-5-18(16)25-20(27)12-17(21(25)28)23-13-14-7-9-15(10-8-14)24-11-3-6-19(24)26/h1-2,4-5,7-10,17,23H,3,6,11-13H2. The van der Waals surface area contributed by atoms with E-state index in [2.05, 4.69) is 5.32 Å². The first-order chi connectivity index (χ1) is 13.5. The number of carbonyl (C=O) groups excluding carboxylic acids is 3. The highest BCUT2D eigenvalue weighted by molar-refractivity contribution is 6.22. The van der Waals surface area contributed by atoms with Crippen LogP contribution in [0.2, 0.25) is 0 Å². The molecule has 0 aromatic heterocycles. The van der Waals surface area contributed by atoms with Gasteiger partial charge in [-0.05, 0) is 36.2 Å². The SMILES string of the molecule is O=C1CCCN1c1ccc(CNC2CC(=O)N(c3ccccc3F)C2=O)cc1. The molecule has 0 bridgehead atoms. The van der Waals surface area contributed by atoms with Crippen LogP contribution >= 0.6 is 0 Å². The zero-order valence-corrected chi connectivity index (χ0v) is 15.2. The summed E-state index contributed by atoms with van der Waals surface area (Å²) >= 11 is 0. The molecule has 2 heterocycles. The molecule has 2 aromatic rings. The van der Waals surface area contributed by atoms with Crippen molar-refractivity contribution >= 4 is 29.1 Å². The molecular weight excluding hydrogens is 361 g/mol. The van der Waals surface area contributed by atoms with E-state index in [1.807, 2.05) is 24.3 Å². The molecule has 2 saturated heterocycles. The Morgan fingerprint density at radius 3 is 2.43 bits per heavy atom. The van der Waals surface area contributed by atoms with E-state index in [4.69, 9.17) is 0 Å². The Balaban J connectivity index is 1.40. The number of hydrogen-bond acceptors (Lipinski definition) is 4. The number of para-hydroxylation sites is 1. The van der Waals surface area contributed by atoms with Gasteiger partial charge in [-0.2, -0.15) is 0 Å². The summed E-state index contributed by atoms with van der Waals surface area (Å²) in [5, 5.41) is 3.08. The first kappa shape index (κ1) is 18.3. The van der Waals surface area contributed by atoms with E-state index in [0.717, 1.165) is 29.1 Å². The molecule has 144 valence electrons. The third-order valence-corrected chi connectivity index (χ3v) is 5.11. The molecule has 4 rings (SSSR count). The van der Waals surface area contributed by atoms with Crippen LogP contribution < -0.4 is 15.1 Å². The van der Waals surface area contributed by atoms with Crippen molar-refractivity contribution in [3.05, 3.63) is 59.9 Å². The highest BCUT2D eigenvalue weighted by Crippen LogP contribution is 2.26. The van der Waals surface area contributed by atoms with Crippen molar-refractivity contribution < 1.29 is 18.8 Å². The normalized spacial score (nSPS) is 19.8. The third kappa shape index (κ3) is 3.41. The lowest BCUT2D eigenvalue weighted by atomic mass is 10.1. The number of hydrogen-bond donors (Lipinski definition) is 1. The van der Waals surface area contributed by atoms with Gasteiger partial charge in [0.2, 0.25) is 11.8 Å². The summed E-state index contributed by atoms with van der Waals surface area (Å²) in [6.45, 7) is 1.13. The van der Waals surface area contributed by atoms with Crippen LogP contribution in [0.3, 0.4) is 0 Å². The molecular formula is C21H20FN3O3. The molecule has 0 saturated carbocycles. The second-order valence-electron chi connectivity index (χ2n) is 6.97. The molecule has 0 spiro atoms. The molecule has 1 N–H and O–H groups in total. The van der Waals surface area contributed by atoms with E-state index < -0.39 is 23.7 Å². The molecule has 2 aromatic carbocycles. The van der Waals surface area contributed by atoms with Crippen LogP contribution in [-0.4, -0.2) is 30.3 Å². The molecule has 2 aliphatic heterocycles. The first-order valence-corrected chi connectivity index (χ1v) is 9.28. The lowest BCUT2D eigenvalue weighted by molar-refractivity contribution is -0.122. The van der Waals surface area contributed by atoms with Crippen LogP contribution in [0.25, 0.3) is 0 Å². The number of rotatable bonds is 5. The van der Waals surface area contributed by atoms with Gasteiger partial charge in [0.15, 0.2) is 0 Å². The maximum absolute atomic E-state index is 14.0. The Morgan fingerprint density at radius 1 is 1.00 bits per heavy atom. The van der Waals surface area contributed by atoms with E-state index in [-0.39, 0.29) is 18.0 Å². The zero-order valence-electron chi connectivity index (χ0n) is 15.2. The van der Waals surface area contributed by atoms with Crippen LogP contribution in [-0.2, 0) is 20.9 Å². The predicted octanol–water partition coefficient (Wildman–Crippen LogP) is 2.37. The van der Waals surface area contributed by atoms with Gasteiger partial charge in [0.25, 0.3) is 5.91 Å². The van der Waals surface area contributed by atoms with E-state index in [0.29, 0.717) is 13.0 Å². The fraction of sp³-hybridized carbons (Fsp3) is 0.286. The Kier molecular flexibility index (Phi) is 4.92. The number of halogens is 1. The van der Waals surface area contributed by atoms with Crippen LogP contribution in [0.1, 0.15) is 24.8 Å². The summed E-state index contributed by atoms with van der Waals surface area (Å²) in [7, 11) is 0. The van der Waals surface area contributed by atoms with Gasteiger partial charge in [-0.15, -0.1) is 0 Å². The Hall–Kier alpha value is -3.06. The minimum Gasteiger partial charge on any atom is -0.312 e. The van der Waals surface area contributed by atoms with E-state index in [1.54, 1.807) is 11.0 Å². The van der Waals surface area contributed by atoms with Gasteiger partial charge in [-0.3, -0.25) is 14.4 Å². The van der Waals surface area contributed by atoms with Crippen molar-refractivity contribution in [1.82, 2.24) is 5.32 Å². The maximum Gasteiger partial charge on any atom is 0.251 e. The van der Waals surface area contributed by atoms with Crippen molar-refractivity contribution in [3.63, 3.8) is 0 Å². The van der Waals surface area contributed by atoms with Gasteiger partial charge in [0.05, 0.1) is 18.2 Å². The average Bonchev–Trinajstić information content (AvgIpc) is 3.24. The molecule has 28 heavy (non-hydrogen) atoms. The summed E-state index contributed by atoms with van der Waals surface area (Å²) in [4.78, 5) is 39.3. The Labute approximate surface area is 161 Å². The summed E-state index contributed by atoms with van der Waals surface area (Å²) in [6.07, 6.45) is 1.45. The monoisotopic (exact) mass is 381 g/mol. The number of nitrogens with zero attached hydrogens (tertiary/aromatic N) is 2. The molecule has 3 amide bonds. The van der Waals surface area contributed by atoms with E-state index in [9.17, 15) is 18.8 Å². The number of nitrogens with one attached hydrogen (secondary N) is 1. The zero-order chi connectivity index (χ0) is 19.7. The summed E-state index contributed by atoms with van der Waals surface area (Å²) in [6, 6.07) is 12.6. The minimum absolute atomic E-state index is 0.00642. The van der Waals surface area contributed by atoms with Crippen molar-refractivity contribution in [2.24, 2.45) is 0 Å². The van der Waals surface area contributed by atoms with E-state index in [1.165, 1.54) is 18.2 Å². The second-order valence-corrected chi connectivity index (χ2v) is 6.97. The van der Waals surface area contributed by atoms with Gasteiger partial charge in [0.1, 0.15) is 5.82 Å². The number of anilines is 2. The van der Waals surface area contributed by atoms with Crippen molar-refractivity contribution in [2.75, 3.05) is 16.3 Å². The summed E-state index contributed by atoms with van der Waals surface area (Å²) < 4.78 is 14.0. The number of carbonyl (C=O) groups is 3. The minimum atomic E-state index is -0.688. The summed E-state index contributed by atoms with van der Waals surface area (Å²) in [5.41, 5.74) is 1.78. The molecule has 7 heteroatoms. The van der Waals surface area contributed by atoms with Crippen LogP contribution in [0.15, 0.2) is 48.5 Å². The van der Waals surface area contributed by atoms with Crippen molar-refractivity contribution in [3.8, 4) is 0 Å². The molecule has 1 unspecified atom stereocenters. The van der Waals surface area contributed by atoms with Gasteiger partial charge >= 0.3 is 0 Å². The highest BCUT2D eigenvalue weighted by atomic mass is 19.1. The third-order valence-electron chi connectivity index (χ3n) is 5.11. The smallest absolute Gasteiger partial charge is 0.251 e.